The highest BCUT2D eigenvalue weighted by molar-refractivity contribution is 7.28. The maximum absolute atomic E-state index is 4.58. The van der Waals surface area contributed by atoms with Crippen molar-refractivity contribution in [2.24, 2.45) is 0 Å². The monoisotopic (exact) mass is 1460 g/mol. The van der Waals surface area contributed by atoms with Gasteiger partial charge in [0, 0.05) is 221 Å². The van der Waals surface area contributed by atoms with Crippen molar-refractivity contribution in [3.63, 3.8) is 0 Å². The second kappa shape index (κ2) is 20.5. The fourth-order valence-corrected chi connectivity index (χ4v) is 25.3. The van der Waals surface area contributed by atoms with Crippen LogP contribution in [-0.4, -0.2) is 29.9 Å². The molecule has 0 unspecified atom stereocenters. The van der Waals surface area contributed by atoms with Gasteiger partial charge in [-0.1, -0.05) is 243 Å². The normalized spacial score (nSPS) is 12.9. The van der Waals surface area contributed by atoms with E-state index in [9.17, 15) is 0 Å². The van der Waals surface area contributed by atoms with Crippen molar-refractivity contribution in [3.05, 3.63) is 279 Å². The first-order chi connectivity index (χ1) is 54.6. The topological polar surface area (TPSA) is 94.7 Å². The number of hydrogen-bond acceptors (Lipinski definition) is 4. The van der Waals surface area contributed by atoms with Crippen molar-refractivity contribution in [2.75, 3.05) is 0 Å². The highest BCUT2D eigenvalue weighted by Gasteiger charge is 2.33. The molecule has 12 heterocycles. The molecule has 0 fully saturated rings. The highest BCUT2D eigenvalue weighted by atomic mass is 32.1. The Bertz CT molecular complexity index is 8780. The Labute approximate surface area is 636 Å². The van der Waals surface area contributed by atoms with Gasteiger partial charge in [-0.25, -0.2) is 0 Å². The van der Waals surface area contributed by atoms with E-state index in [4.69, 9.17) is 0 Å². The van der Waals surface area contributed by atoms with Gasteiger partial charge in [-0.3, -0.25) is 0 Å². The summed E-state index contributed by atoms with van der Waals surface area (Å²) in [7, 11) is 0. The Hall–Kier alpha value is -13.3. The van der Waals surface area contributed by atoms with Crippen LogP contribution in [0.2, 0.25) is 0 Å². The van der Waals surface area contributed by atoms with E-state index < -0.39 is 0 Å². The van der Waals surface area contributed by atoms with Crippen LogP contribution in [0.3, 0.4) is 0 Å². The predicted octanol–water partition coefficient (Wildman–Crippen LogP) is 30.7. The van der Waals surface area contributed by atoms with Crippen LogP contribution in [-0.2, 0) is 0 Å². The van der Waals surface area contributed by atoms with Crippen LogP contribution in [0.1, 0.15) is 0 Å². The minimum Gasteiger partial charge on any atom is -0.353 e. The molecule has 0 radical (unpaired) electrons. The van der Waals surface area contributed by atoms with Gasteiger partial charge in [0.25, 0.3) is 0 Å². The first-order valence-electron chi connectivity index (χ1n) is 37.6. The molecule has 10 heteroatoms. The van der Waals surface area contributed by atoms with E-state index in [1.54, 1.807) is 0 Å². The molecule has 16 aromatic carbocycles. The number of aromatic nitrogens is 6. The van der Waals surface area contributed by atoms with Gasteiger partial charge < -0.3 is 29.9 Å². The van der Waals surface area contributed by atoms with E-state index in [-0.39, 0.29) is 0 Å². The Kier molecular flexibility index (Phi) is 10.8. The third kappa shape index (κ3) is 7.08. The van der Waals surface area contributed by atoms with Crippen LogP contribution < -0.4 is 0 Å². The van der Waals surface area contributed by atoms with Crippen LogP contribution >= 0.6 is 45.3 Å². The number of benzene rings is 16. The molecule has 6 nitrogen and oxygen atoms in total. The zero-order chi connectivity index (χ0) is 70.8. The fourth-order valence-electron chi connectivity index (χ4n) is 20.7. The number of rotatable bonds is 1. The third-order valence-corrected chi connectivity index (χ3v) is 29.8. The average molecular weight is 1470 g/mol. The molecule has 6 N–H and O–H groups in total. The third-order valence-electron chi connectivity index (χ3n) is 25.0. The second-order valence-electron chi connectivity index (χ2n) is 30.2. The van der Waals surface area contributed by atoms with Crippen molar-refractivity contribution in [1.82, 2.24) is 29.9 Å². The Morgan fingerprint density at radius 2 is 0.318 bits per heavy atom. The van der Waals surface area contributed by atoms with Gasteiger partial charge in [-0.05, 0) is 36.4 Å². The van der Waals surface area contributed by atoms with Crippen molar-refractivity contribution >= 4 is 322 Å². The molecule has 506 valence electrons. The molecule has 0 saturated heterocycles. The zero-order valence-corrected chi connectivity index (χ0v) is 61.5. The molecule has 0 saturated carbocycles. The van der Waals surface area contributed by atoms with Gasteiger partial charge in [0.1, 0.15) is 0 Å². The largest absolute Gasteiger partial charge is 0.353 e. The van der Waals surface area contributed by atoms with Gasteiger partial charge in [0.15, 0.2) is 0 Å². The lowest BCUT2D eigenvalue weighted by Gasteiger charge is -2.11. The van der Waals surface area contributed by atoms with Crippen molar-refractivity contribution in [1.29, 1.82) is 0 Å². The van der Waals surface area contributed by atoms with Crippen LogP contribution in [0.15, 0.2) is 279 Å². The van der Waals surface area contributed by atoms with E-state index in [2.05, 4.69) is 309 Å². The Morgan fingerprint density at radius 1 is 0.136 bits per heavy atom. The number of aromatic amines is 6. The molecule has 0 atom stereocenters. The lowest BCUT2D eigenvalue weighted by atomic mass is 9.89. The number of fused-ring (bicyclic) bond motifs is 39. The van der Waals surface area contributed by atoms with E-state index in [1.165, 1.54) is 156 Å². The molecule has 0 amide bonds. The van der Waals surface area contributed by atoms with Crippen LogP contribution in [0.5, 0.6) is 0 Å². The summed E-state index contributed by atoms with van der Waals surface area (Å²) in [4.78, 5) is 26.7. The van der Waals surface area contributed by atoms with E-state index in [0.717, 1.165) is 131 Å². The second-order valence-corrected chi connectivity index (χ2v) is 34.5. The summed E-state index contributed by atoms with van der Waals surface area (Å²) < 4.78 is 9.91. The molecular weight excluding hydrogens is 1410 g/mol. The van der Waals surface area contributed by atoms with Crippen molar-refractivity contribution in [2.45, 2.75) is 0 Å². The van der Waals surface area contributed by atoms with E-state index in [1.807, 2.05) is 45.3 Å². The molecule has 0 aliphatic carbocycles. The molecule has 28 rings (SSSR count). The Balaban J connectivity index is 0.989. The van der Waals surface area contributed by atoms with Crippen molar-refractivity contribution in [3.8, 4) is 11.1 Å². The lowest BCUT2D eigenvalue weighted by molar-refractivity contribution is 1.56. The number of nitrogens with one attached hydrogen (secondary N) is 6. The average Bonchev–Trinajstić information content (AvgIpc) is 1.51. The summed E-state index contributed by atoms with van der Waals surface area (Å²) >= 11 is 7.63. The van der Waals surface area contributed by atoms with Crippen LogP contribution in [0.4, 0.5) is 0 Å². The van der Waals surface area contributed by atoms with Gasteiger partial charge in [-0.2, -0.15) is 0 Å². The van der Waals surface area contributed by atoms with Crippen LogP contribution in [0.25, 0.3) is 287 Å². The quantitative estimate of drug-likeness (QED) is 0.0945. The smallest absolute Gasteiger partial charge is 0.0552 e. The number of H-pyrrole nitrogens is 6. The standard InChI is InChI=1S/C100H52N6S4/c1-3-23-49-47(21-1)69-41-43-71(107-69)51-25-5-7-27-53(51)89-83(85-81-79-77-75-67-45-73(49)109-99(67)65-39-19-17-37-63(65)87(75)101-91(77)55-29-9-11-31-57(55)93(79)105-95(81)59-33-13-15-35-61(59)97(85)103-89)84-86-82-80-78-76-68-46-74-50-24-4-2-22-48(50)70-42-44-72(108-70)52-26-6-8-28-54(52)90(84)104-98(86)62-36-16-14-34-60(62)96(82)106-94(80)58-32-12-10-30-56(58)92(78)102-88(76)64-38-18-20-40-66(64)100(68)110-74/h1-46,101-106H. The molecule has 12 bridgehead atoms. The molecular formula is C100H52N6S4. The molecule has 0 aliphatic rings. The summed E-state index contributed by atoms with van der Waals surface area (Å²) in [5.74, 6) is 0. The van der Waals surface area contributed by atoms with Gasteiger partial charge >= 0.3 is 0 Å². The van der Waals surface area contributed by atoms with Gasteiger partial charge in [0.2, 0.25) is 0 Å². The first-order valence-corrected chi connectivity index (χ1v) is 40.9. The number of hydrogen-bond donors (Lipinski definition) is 6. The summed E-state index contributed by atoms with van der Waals surface area (Å²) in [6, 6.07) is 106. The SMILES string of the molecule is c1ccc2c3cc4c(s3)c3ccccc3c3[nH]c5c6ccccc6c6[nH]c7c8ccccc8c8[nH]c(c(-c9c%10[nH]c%11c%12ccccc%12c%12[nH]c%13c%14ccccc%14c%14[nH]c%15c%16ccccc%16c%16sc(cc%16c%15c%14c%13c%12c9%11)c9ccccc9c9ccc(s9)c9ccccc%109)c8c7c6c5c43)c3ccccc3c3ccc(s3)c2c1. The number of thiophene rings is 4. The molecule has 0 aliphatic heterocycles. The van der Waals surface area contributed by atoms with Gasteiger partial charge in [-0.15, -0.1) is 45.3 Å². The predicted molar refractivity (Wildman–Crippen MR) is 482 cm³/mol. The minimum absolute atomic E-state index is 1.05. The van der Waals surface area contributed by atoms with E-state index >= 15 is 0 Å². The summed E-state index contributed by atoms with van der Waals surface area (Å²) in [6.45, 7) is 0. The van der Waals surface area contributed by atoms with E-state index in [0.29, 0.717) is 0 Å². The van der Waals surface area contributed by atoms with Crippen molar-refractivity contribution < 1.29 is 0 Å². The maximum atomic E-state index is 4.58. The molecule has 28 aromatic rings. The fraction of sp³-hybridized carbons (Fsp3) is 0. The molecule has 0 spiro atoms. The highest BCUT2D eigenvalue weighted by Crippen LogP contribution is 2.59. The summed E-state index contributed by atoms with van der Waals surface area (Å²) in [6.07, 6.45) is 0. The molecule has 12 aromatic heterocycles. The minimum atomic E-state index is 1.05. The Morgan fingerprint density at radius 3 is 0.600 bits per heavy atom. The van der Waals surface area contributed by atoms with Crippen LogP contribution in [0, 0.1) is 0 Å². The maximum Gasteiger partial charge on any atom is 0.0552 e. The zero-order valence-electron chi connectivity index (χ0n) is 58.2. The molecule has 110 heavy (non-hydrogen) atoms. The summed E-state index contributed by atoms with van der Waals surface area (Å²) in [5, 5.41) is 38.2. The lowest BCUT2D eigenvalue weighted by Crippen LogP contribution is -1.85. The summed E-state index contributed by atoms with van der Waals surface area (Å²) in [5.41, 5.74) is 15.6. The van der Waals surface area contributed by atoms with Gasteiger partial charge in [0.05, 0.1) is 66.2 Å². The first kappa shape index (κ1) is 57.9.